The number of ether oxygens (including phenoxy) is 2. The molecule has 1 aliphatic heterocycles. The molecule has 1 atom stereocenters. The lowest BCUT2D eigenvalue weighted by atomic mass is 9.75. The van der Waals surface area contributed by atoms with Gasteiger partial charge in [-0.05, 0) is 80.7 Å². The third-order valence-electron chi connectivity index (χ3n) is 10.1. The number of nitrogens with one attached hydrogen (secondary N) is 3. The fraction of sp³-hybridized carbons (Fsp3) is 0.488. The van der Waals surface area contributed by atoms with Crippen molar-refractivity contribution < 1.29 is 38.6 Å². The maximum atomic E-state index is 14.3. The van der Waals surface area contributed by atoms with E-state index < -0.39 is 11.4 Å². The van der Waals surface area contributed by atoms with E-state index >= 15 is 0 Å². The Bertz CT molecular complexity index is 1860. The molecule has 1 unspecified atom stereocenters. The number of hydrogen-bond acceptors (Lipinski definition) is 9. The molecule has 15 nitrogen and oxygen atoms in total. The van der Waals surface area contributed by atoms with Crippen molar-refractivity contribution in [2.75, 3.05) is 46.4 Å². The van der Waals surface area contributed by atoms with Crippen molar-refractivity contribution in [2.45, 2.75) is 71.1 Å². The number of carboxylic acids is 1. The van der Waals surface area contributed by atoms with Crippen LogP contribution in [0.4, 0.5) is 0 Å². The van der Waals surface area contributed by atoms with Crippen LogP contribution in [0.3, 0.4) is 0 Å². The molecule has 2 aliphatic carbocycles. The molecule has 1 aromatic heterocycles. The Morgan fingerprint density at radius 3 is 2.48 bits per heavy atom. The Hall–Kier alpha value is -5.73. The number of hydrogen-bond donors (Lipinski definition) is 4. The lowest BCUT2D eigenvalue weighted by molar-refractivity contribution is -0.134. The predicted molar refractivity (Wildman–Crippen MR) is 207 cm³/mol. The number of aromatic nitrogens is 3. The van der Waals surface area contributed by atoms with Crippen molar-refractivity contribution in [3.63, 3.8) is 0 Å². The van der Waals surface area contributed by atoms with Gasteiger partial charge in [0.05, 0.1) is 23.8 Å². The Kier molecular flexibility index (Phi) is 15.0. The van der Waals surface area contributed by atoms with Gasteiger partial charge in [0.1, 0.15) is 12.7 Å². The summed E-state index contributed by atoms with van der Waals surface area (Å²) in [6, 6.07) is 12.7. The number of benzene rings is 2. The zero-order chi connectivity index (χ0) is 39.9. The van der Waals surface area contributed by atoms with Gasteiger partial charge >= 0.3 is 0 Å². The Labute approximate surface area is 327 Å². The molecule has 4 amide bonds. The number of rotatable bonds is 8. The maximum absolute atomic E-state index is 14.3. The van der Waals surface area contributed by atoms with Crippen molar-refractivity contribution in [2.24, 2.45) is 11.3 Å². The van der Waals surface area contributed by atoms with Gasteiger partial charge in [-0.3, -0.25) is 28.5 Å². The molecule has 0 saturated heterocycles. The molecule has 1 saturated carbocycles. The minimum absolute atomic E-state index is 0.0817. The fourth-order valence-electron chi connectivity index (χ4n) is 7.12. The molecule has 2 aromatic carbocycles. The van der Waals surface area contributed by atoms with Crippen LogP contribution in [0.1, 0.15) is 80.6 Å². The summed E-state index contributed by atoms with van der Waals surface area (Å²) in [4.78, 5) is 65.4. The second-order valence-electron chi connectivity index (χ2n) is 14.6. The van der Waals surface area contributed by atoms with Crippen LogP contribution >= 0.6 is 0 Å². The Morgan fingerprint density at radius 2 is 1.77 bits per heavy atom. The highest BCUT2D eigenvalue weighted by molar-refractivity contribution is 5.98. The number of allylic oxidation sites excluding steroid dienone is 1. The van der Waals surface area contributed by atoms with E-state index in [1.165, 1.54) is 31.8 Å². The molecule has 2 bridgehead atoms. The molecule has 4 N–H and O–H groups in total. The van der Waals surface area contributed by atoms with E-state index in [1.807, 2.05) is 24.3 Å². The van der Waals surface area contributed by atoms with Crippen LogP contribution in [0.5, 0.6) is 11.5 Å². The first kappa shape index (κ1) is 41.4. The molecule has 6 rings (SSSR count). The minimum Gasteiger partial charge on any atom is -0.493 e. The summed E-state index contributed by atoms with van der Waals surface area (Å²) in [7, 11) is 1.54. The number of para-hydroxylation sites is 1. The number of methoxy groups -OCH3 is 1. The number of nitrogens with zero attached hydrogens (tertiary/aromatic N) is 4. The summed E-state index contributed by atoms with van der Waals surface area (Å²) in [5, 5.41) is 24.4. The van der Waals surface area contributed by atoms with E-state index in [4.69, 9.17) is 19.4 Å². The average molecular weight is 772 g/mol. The van der Waals surface area contributed by atoms with E-state index in [0.717, 1.165) is 44.6 Å². The summed E-state index contributed by atoms with van der Waals surface area (Å²) in [5.74, 6) is -0.466. The van der Waals surface area contributed by atoms with Gasteiger partial charge < -0.3 is 35.4 Å². The molecule has 300 valence electrons. The van der Waals surface area contributed by atoms with E-state index in [0.29, 0.717) is 54.5 Å². The second kappa shape index (κ2) is 20.3. The lowest BCUT2D eigenvalue weighted by Crippen LogP contribution is -2.50. The molecule has 2 heterocycles. The van der Waals surface area contributed by atoms with Gasteiger partial charge in [-0.15, -0.1) is 10.2 Å². The van der Waals surface area contributed by atoms with E-state index in [2.05, 4.69) is 32.2 Å². The van der Waals surface area contributed by atoms with Gasteiger partial charge in [0.25, 0.3) is 17.8 Å². The highest BCUT2D eigenvalue weighted by Gasteiger charge is 2.43. The van der Waals surface area contributed by atoms with E-state index in [-0.39, 0.29) is 62.8 Å². The van der Waals surface area contributed by atoms with E-state index in [9.17, 15) is 19.2 Å². The van der Waals surface area contributed by atoms with Crippen LogP contribution in [-0.4, -0.2) is 101 Å². The third-order valence-corrected chi connectivity index (χ3v) is 10.1. The normalized spacial score (nSPS) is 19.6. The first-order valence-electron chi connectivity index (χ1n) is 19.3. The predicted octanol–water partition coefficient (Wildman–Crippen LogP) is 3.86. The summed E-state index contributed by atoms with van der Waals surface area (Å²) in [5.41, 5.74) is 2.24. The fourth-order valence-corrected chi connectivity index (χ4v) is 7.12. The standard InChI is InChI=1S/C39H49N7O6.C2H4O2/c1-51-33-16-15-30-20-34(33)52-24-36(48)40-17-19-45(37(49)31-10-5-6-11-32(31)46-26-43-44-27-46)18-7-12-35(47)42-25-39(22-30,21-28-13-14-28)38(50)41-23-29-8-3-2-4-9-29;1-2(3)4/h5-6,8,10-11,15-16,20,26-28H,2-4,7,9,12-14,17-19,21-25H2,1H3,(H,40,48)(H,41,50)(H,42,47);1H3,(H,3,4). The number of fused-ring (bicyclic) bond motifs is 2. The van der Waals surface area contributed by atoms with Gasteiger partial charge in [0.15, 0.2) is 18.1 Å². The molecule has 3 aliphatic rings. The van der Waals surface area contributed by atoms with Crippen LogP contribution < -0.4 is 25.4 Å². The van der Waals surface area contributed by atoms with Crippen LogP contribution in [0.2, 0.25) is 0 Å². The number of aliphatic carboxylic acids is 1. The van der Waals surface area contributed by atoms with Crippen molar-refractivity contribution in [1.82, 2.24) is 35.6 Å². The van der Waals surface area contributed by atoms with Crippen molar-refractivity contribution in [1.29, 1.82) is 0 Å². The van der Waals surface area contributed by atoms with Gasteiger partial charge in [-0.2, -0.15) is 0 Å². The maximum Gasteiger partial charge on any atom is 0.300 e. The number of carboxylic acid groups (broad SMARTS) is 1. The monoisotopic (exact) mass is 771 g/mol. The van der Waals surface area contributed by atoms with Crippen molar-refractivity contribution >= 4 is 29.6 Å². The molecule has 56 heavy (non-hydrogen) atoms. The molecule has 0 spiro atoms. The molecule has 1 fully saturated rings. The SMILES string of the molecule is CC(=O)O.COc1ccc2cc1OCC(=O)NCCN(C(=O)c1ccccc1-n1cnnc1)CCCC(=O)NCC(CC1CC1)(C(=O)NCC1=CCCCC1)C2. The first-order valence-corrected chi connectivity index (χ1v) is 19.3. The van der Waals surface area contributed by atoms with Gasteiger partial charge in [0.2, 0.25) is 11.8 Å². The Morgan fingerprint density at radius 1 is 1.00 bits per heavy atom. The molecule has 0 radical (unpaired) electrons. The summed E-state index contributed by atoms with van der Waals surface area (Å²) >= 11 is 0. The van der Waals surface area contributed by atoms with Gasteiger partial charge in [-0.25, -0.2) is 0 Å². The van der Waals surface area contributed by atoms with Crippen LogP contribution in [-0.2, 0) is 25.6 Å². The quantitative estimate of drug-likeness (QED) is 0.245. The highest BCUT2D eigenvalue weighted by Crippen LogP contribution is 2.43. The van der Waals surface area contributed by atoms with Gasteiger partial charge in [-0.1, -0.05) is 42.7 Å². The average Bonchev–Trinajstić information content (AvgIpc) is 3.84. The zero-order valence-corrected chi connectivity index (χ0v) is 32.3. The zero-order valence-electron chi connectivity index (χ0n) is 32.3. The number of amides is 4. The topological polar surface area (TPSA) is 194 Å². The summed E-state index contributed by atoms with van der Waals surface area (Å²) < 4.78 is 13.2. The smallest absolute Gasteiger partial charge is 0.300 e. The first-order chi connectivity index (χ1) is 27.1. The summed E-state index contributed by atoms with van der Waals surface area (Å²) in [6.45, 7) is 2.16. The summed E-state index contributed by atoms with van der Waals surface area (Å²) in [6.07, 6.45) is 13.2. The number of carbonyl (C=O) groups excluding carboxylic acids is 4. The van der Waals surface area contributed by atoms with Gasteiger partial charge in [0, 0.05) is 46.1 Å². The van der Waals surface area contributed by atoms with E-state index in [1.54, 1.807) is 27.7 Å². The molecule has 15 heteroatoms. The van der Waals surface area contributed by atoms with Crippen molar-refractivity contribution in [3.05, 3.63) is 77.9 Å². The van der Waals surface area contributed by atoms with Crippen molar-refractivity contribution in [3.8, 4) is 17.2 Å². The minimum atomic E-state index is -0.908. The molecular weight excluding hydrogens is 718 g/mol. The van der Waals surface area contributed by atoms with Crippen LogP contribution in [0.25, 0.3) is 5.69 Å². The number of carbonyl (C=O) groups is 5. The molecular formula is C41H53N7O8. The van der Waals surface area contributed by atoms with Crippen LogP contribution in [0.15, 0.2) is 66.8 Å². The molecule has 3 aromatic rings. The second-order valence-corrected chi connectivity index (χ2v) is 14.6. The lowest BCUT2D eigenvalue weighted by Gasteiger charge is -2.34. The largest absolute Gasteiger partial charge is 0.493 e. The third kappa shape index (κ3) is 12.1. The highest BCUT2D eigenvalue weighted by atomic mass is 16.5. The van der Waals surface area contributed by atoms with Crippen LogP contribution in [0, 0.1) is 11.3 Å². The Balaban J connectivity index is 0.00000143.